The number of carbonyl (C=O) groups excluding carboxylic acids is 1. The molecule has 170 valence electrons. The highest BCUT2D eigenvalue weighted by Crippen LogP contribution is 2.19. The van der Waals surface area contributed by atoms with E-state index in [-0.39, 0.29) is 36.0 Å². The van der Waals surface area contributed by atoms with Gasteiger partial charge in [-0.05, 0) is 44.4 Å². The lowest BCUT2D eigenvalue weighted by molar-refractivity contribution is 0.0468. The Hall–Kier alpha value is -1.55. The molecule has 0 bridgehead atoms. The zero-order chi connectivity index (χ0) is 20.9. The molecule has 1 aliphatic carbocycles. The SMILES string of the molecule is CN=C(NCCOC1CCCCCC1)NCc1ccc(NC(=O)NC(C)C)cc1.I. The molecule has 8 heteroatoms. The van der Waals surface area contributed by atoms with Gasteiger partial charge >= 0.3 is 6.03 Å². The van der Waals surface area contributed by atoms with Gasteiger partial charge in [0.25, 0.3) is 0 Å². The van der Waals surface area contributed by atoms with Gasteiger partial charge in [0.05, 0.1) is 12.7 Å². The summed E-state index contributed by atoms with van der Waals surface area (Å²) in [7, 11) is 1.77. The van der Waals surface area contributed by atoms with Gasteiger partial charge < -0.3 is 26.0 Å². The molecule has 0 atom stereocenters. The fourth-order valence-electron chi connectivity index (χ4n) is 3.35. The molecule has 1 aromatic rings. The molecule has 0 aromatic heterocycles. The minimum Gasteiger partial charge on any atom is -0.376 e. The normalized spacial score (nSPS) is 15.1. The second-order valence-corrected chi connectivity index (χ2v) is 7.79. The van der Waals surface area contributed by atoms with Crippen LogP contribution in [0.5, 0.6) is 0 Å². The van der Waals surface area contributed by atoms with Gasteiger partial charge in [0.1, 0.15) is 0 Å². The number of anilines is 1. The topological polar surface area (TPSA) is 86.8 Å². The minimum atomic E-state index is -0.193. The Kier molecular flexibility index (Phi) is 13.5. The number of urea groups is 1. The molecule has 1 fully saturated rings. The van der Waals surface area contributed by atoms with Crippen LogP contribution in [-0.4, -0.2) is 44.3 Å². The largest absolute Gasteiger partial charge is 0.376 e. The Balaban J connectivity index is 0.00000450. The predicted octanol–water partition coefficient (Wildman–Crippen LogP) is 4.24. The zero-order valence-electron chi connectivity index (χ0n) is 18.5. The van der Waals surface area contributed by atoms with Crippen molar-refractivity contribution in [3.63, 3.8) is 0 Å². The van der Waals surface area contributed by atoms with Crippen LogP contribution < -0.4 is 21.3 Å². The fraction of sp³-hybridized carbons (Fsp3) is 0.636. The first-order valence-electron chi connectivity index (χ1n) is 10.8. The van der Waals surface area contributed by atoms with Crippen LogP contribution in [0.3, 0.4) is 0 Å². The lowest BCUT2D eigenvalue weighted by atomic mass is 10.1. The van der Waals surface area contributed by atoms with E-state index in [1.807, 2.05) is 38.1 Å². The third-order valence-electron chi connectivity index (χ3n) is 4.87. The number of hydrogen-bond donors (Lipinski definition) is 4. The van der Waals surface area contributed by atoms with Crippen molar-refractivity contribution in [2.75, 3.05) is 25.5 Å². The van der Waals surface area contributed by atoms with Crippen molar-refractivity contribution in [2.24, 2.45) is 4.99 Å². The Morgan fingerprint density at radius 3 is 2.37 bits per heavy atom. The molecule has 0 radical (unpaired) electrons. The second kappa shape index (κ2) is 15.3. The number of carbonyl (C=O) groups is 1. The summed E-state index contributed by atoms with van der Waals surface area (Å²) in [5.74, 6) is 0.757. The van der Waals surface area contributed by atoms with Crippen molar-refractivity contribution < 1.29 is 9.53 Å². The molecule has 0 unspecified atom stereocenters. The maximum atomic E-state index is 11.7. The van der Waals surface area contributed by atoms with Gasteiger partial charge in [0, 0.05) is 31.9 Å². The van der Waals surface area contributed by atoms with Crippen LogP contribution in [0.15, 0.2) is 29.3 Å². The van der Waals surface area contributed by atoms with E-state index in [1.54, 1.807) is 7.05 Å². The summed E-state index contributed by atoms with van der Waals surface area (Å²) >= 11 is 0. The summed E-state index contributed by atoms with van der Waals surface area (Å²) in [5.41, 5.74) is 1.88. The van der Waals surface area contributed by atoms with Crippen LogP contribution in [-0.2, 0) is 11.3 Å². The van der Waals surface area contributed by atoms with Crippen LogP contribution in [0.4, 0.5) is 10.5 Å². The molecule has 0 spiro atoms. The summed E-state index contributed by atoms with van der Waals surface area (Å²) in [6.07, 6.45) is 8.07. The molecule has 0 heterocycles. The van der Waals surface area contributed by atoms with Gasteiger partial charge in [-0.25, -0.2) is 4.79 Å². The van der Waals surface area contributed by atoms with E-state index in [0.717, 1.165) is 23.8 Å². The Morgan fingerprint density at radius 2 is 1.77 bits per heavy atom. The van der Waals surface area contributed by atoms with Crippen LogP contribution in [0, 0.1) is 0 Å². The zero-order valence-corrected chi connectivity index (χ0v) is 20.8. The Labute approximate surface area is 198 Å². The number of guanidine groups is 1. The molecule has 1 aliphatic rings. The van der Waals surface area contributed by atoms with E-state index < -0.39 is 0 Å². The van der Waals surface area contributed by atoms with Crippen LogP contribution in [0.1, 0.15) is 57.9 Å². The lowest BCUT2D eigenvalue weighted by Crippen LogP contribution is -2.38. The second-order valence-electron chi connectivity index (χ2n) is 7.79. The molecule has 1 aromatic carbocycles. The number of ether oxygens (including phenoxy) is 1. The highest BCUT2D eigenvalue weighted by molar-refractivity contribution is 14.0. The Bertz CT molecular complexity index is 629. The number of halogens is 1. The van der Waals surface area contributed by atoms with Gasteiger partial charge in [-0.2, -0.15) is 0 Å². The van der Waals surface area contributed by atoms with E-state index in [0.29, 0.717) is 19.3 Å². The van der Waals surface area contributed by atoms with E-state index in [9.17, 15) is 4.79 Å². The van der Waals surface area contributed by atoms with Crippen molar-refractivity contribution in [3.8, 4) is 0 Å². The van der Waals surface area contributed by atoms with Gasteiger partial charge in [-0.1, -0.05) is 37.8 Å². The predicted molar refractivity (Wildman–Crippen MR) is 135 cm³/mol. The number of nitrogens with zero attached hydrogens (tertiary/aromatic N) is 1. The van der Waals surface area contributed by atoms with Crippen molar-refractivity contribution >= 4 is 41.7 Å². The lowest BCUT2D eigenvalue weighted by Gasteiger charge is -2.17. The number of aliphatic imine (C=N–C) groups is 1. The summed E-state index contributed by atoms with van der Waals surface area (Å²) in [5, 5.41) is 12.2. The summed E-state index contributed by atoms with van der Waals surface area (Å²) in [6.45, 7) is 5.95. The highest BCUT2D eigenvalue weighted by Gasteiger charge is 2.12. The number of nitrogens with one attached hydrogen (secondary N) is 4. The Morgan fingerprint density at radius 1 is 1.10 bits per heavy atom. The number of benzene rings is 1. The first kappa shape index (κ1) is 26.5. The molecular weight excluding hydrogens is 493 g/mol. The van der Waals surface area contributed by atoms with Crippen molar-refractivity contribution in [2.45, 2.75) is 71.1 Å². The third kappa shape index (κ3) is 11.0. The molecule has 7 nitrogen and oxygen atoms in total. The highest BCUT2D eigenvalue weighted by atomic mass is 127. The van der Waals surface area contributed by atoms with Gasteiger partial charge in [0.15, 0.2) is 5.96 Å². The van der Waals surface area contributed by atoms with Gasteiger partial charge in [0.2, 0.25) is 0 Å². The van der Waals surface area contributed by atoms with Crippen LogP contribution in [0.2, 0.25) is 0 Å². The quantitative estimate of drug-likeness (QED) is 0.133. The van der Waals surface area contributed by atoms with E-state index in [1.165, 1.54) is 38.5 Å². The first-order chi connectivity index (χ1) is 14.1. The van der Waals surface area contributed by atoms with Gasteiger partial charge in [-0.3, -0.25) is 4.99 Å². The smallest absolute Gasteiger partial charge is 0.319 e. The third-order valence-corrected chi connectivity index (χ3v) is 4.87. The van der Waals surface area contributed by atoms with Crippen molar-refractivity contribution in [1.82, 2.24) is 16.0 Å². The van der Waals surface area contributed by atoms with Gasteiger partial charge in [-0.15, -0.1) is 24.0 Å². The first-order valence-corrected chi connectivity index (χ1v) is 10.8. The number of hydrogen-bond acceptors (Lipinski definition) is 3. The number of amides is 2. The summed E-state index contributed by atoms with van der Waals surface area (Å²) < 4.78 is 6.00. The summed E-state index contributed by atoms with van der Waals surface area (Å²) in [4.78, 5) is 16.0. The summed E-state index contributed by atoms with van der Waals surface area (Å²) in [6, 6.07) is 7.68. The molecule has 30 heavy (non-hydrogen) atoms. The standard InChI is InChI=1S/C22H37N5O2.HI/c1-17(2)26-22(28)27-19-12-10-18(11-13-19)16-25-21(23-3)24-14-15-29-20-8-6-4-5-7-9-20;/h10-13,17,20H,4-9,14-16H2,1-3H3,(H2,23,24,25)(H2,26,27,28);1H. The molecule has 4 N–H and O–H groups in total. The van der Waals surface area contributed by atoms with Crippen LogP contribution >= 0.6 is 24.0 Å². The van der Waals surface area contributed by atoms with Crippen molar-refractivity contribution in [3.05, 3.63) is 29.8 Å². The van der Waals surface area contributed by atoms with Crippen molar-refractivity contribution in [1.29, 1.82) is 0 Å². The maximum absolute atomic E-state index is 11.7. The monoisotopic (exact) mass is 531 g/mol. The number of rotatable bonds is 8. The van der Waals surface area contributed by atoms with E-state index in [2.05, 4.69) is 26.3 Å². The average molecular weight is 531 g/mol. The fourth-order valence-corrected chi connectivity index (χ4v) is 3.35. The molecule has 2 amide bonds. The average Bonchev–Trinajstić information content (AvgIpc) is 2.97. The minimum absolute atomic E-state index is 0. The molecule has 1 saturated carbocycles. The van der Waals surface area contributed by atoms with E-state index >= 15 is 0 Å². The molecule has 0 aliphatic heterocycles. The maximum Gasteiger partial charge on any atom is 0.319 e. The molecule has 0 saturated heterocycles. The molecule has 2 rings (SSSR count). The van der Waals surface area contributed by atoms with Crippen LogP contribution in [0.25, 0.3) is 0 Å². The molecular formula is C22H38IN5O2. The van der Waals surface area contributed by atoms with E-state index in [4.69, 9.17) is 4.74 Å².